The molecule has 9 heteroatoms. The molecule has 3 N–H and O–H groups in total. The number of guanidine groups is 1. The van der Waals surface area contributed by atoms with E-state index in [9.17, 15) is 22.8 Å². The van der Waals surface area contributed by atoms with Crippen LogP contribution in [0.5, 0.6) is 0 Å². The number of nitrogens with one attached hydrogen (secondary N) is 3. The first-order valence-electron chi connectivity index (χ1n) is 11.4. The van der Waals surface area contributed by atoms with Gasteiger partial charge in [0, 0.05) is 42.0 Å². The molecule has 1 heterocycles. The summed E-state index contributed by atoms with van der Waals surface area (Å²) in [5, 5.41) is 9.14. The number of aliphatic imine (C=N–C) groups is 1. The first kappa shape index (κ1) is 23.8. The van der Waals surface area contributed by atoms with Crippen LogP contribution >= 0.6 is 0 Å². The topological polar surface area (TPSA) is 82.6 Å². The Morgan fingerprint density at radius 3 is 2.62 bits per heavy atom. The van der Waals surface area contributed by atoms with Crippen LogP contribution in [0, 0.1) is 5.92 Å². The zero-order chi connectivity index (χ0) is 24.3. The van der Waals surface area contributed by atoms with Gasteiger partial charge in [0.2, 0.25) is 0 Å². The molecule has 1 aliphatic heterocycles. The van der Waals surface area contributed by atoms with Crippen molar-refractivity contribution in [1.82, 2.24) is 10.6 Å². The minimum absolute atomic E-state index is 0.228. The number of halogens is 3. The molecule has 1 saturated carbocycles. The van der Waals surface area contributed by atoms with Gasteiger partial charge in [-0.2, -0.15) is 13.2 Å². The van der Waals surface area contributed by atoms with Gasteiger partial charge in [0.05, 0.1) is 5.92 Å². The van der Waals surface area contributed by atoms with Gasteiger partial charge in [0.25, 0.3) is 5.91 Å². The van der Waals surface area contributed by atoms with Crippen LogP contribution in [0.2, 0.25) is 0 Å². The molecule has 1 unspecified atom stereocenters. The summed E-state index contributed by atoms with van der Waals surface area (Å²) < 4.78 is 38.5. The molecular weight excluding hydrogens is 445 g/mol. The van der Waals surface area contributed by atoms with Crippen molar-refractivity contribution in [3.05, 3.63) is 59.2 Å². The lowest BCUT2D eigenvalue weighted by Gasteiger charge is -2.17. The zero-order valence-electron chi connectivity index (χ0n) is 18.8. The number of ketones is 1. The molecule has 34 heavy (non-hydrogen) atoms. The van der Waals surface area contributed by atoms with Crippen LogP contribution in [-0.2, 0) is 0 Å². The Morgan fingerprint density at radius 2 is 1.94 bits per heavy atom. The number of carbonyl (C=O) groups is 2. The second kappa shape index (κ2) is 9.87. The third-order valence-corrected chi connectivity index (χ3v) is 5.97. The van der Waals surface area contributed by atoms with Gasteiger partial charge < -0.3 is 10.6 Å². The highest BCUT2D eigenvalue weighted by Crippen LogP contribution is 2.44. The van der Waals surface area contributed by atoms with E-state index in [4.69, 9.17) is 0 Å². The van der Waals surface area contributed by atoms with Crippen molar-refractivity contribution < 1.29 is 22.8 Å². The van der Waals surface area contributed by atoms with E-state index in [2.05, 4.69) is 20.9 Å². The molecule has 1 atom stereocenters. The molecule has 6 nitrogen and oxygen atoms in total. The Labute approximate surface area is 196 Å². The SMILES string of the molecule is CC(CC(=O)c1cccc(Nc2ccc(C(=O)NC3=NCCCN3)cc2C2CC2)c1)C(F)(F)F. The molecule has 180 valence electrons. The van der Waals surface area contributed by atoms with E-state index < -0.39 is 24.3 Å². The molecule has 0 aromatic heterocycles. The molecule has 0 radical (unpaired) electrons. The molecule has 1 aliphatic carbocycles. The van der Waals surface area contributed by atoms with Crippen LogP contribution in [0.4, 0.5) is 24.5 Å². The van der Waals surface area contributed by atoms with Crippen molar-refractivity contribution in [2.75, 3.05) is 18.4 Å². The van der Waals surface area contributed by atoms with Crippen molar-refractivity contribution in [1.29, 1.82) is 0 Å². The summed E-state index contributed by atoms with van der Waals surface area (Å²) in [5.41, 5.74) is 3.15. The number of rotatable bonds is 7. The van der Waals surface area contributed by atoms with Crippen molar-refractivity contribution in [3.63, 3.8) is 0 Å². The van der Waals surface area contributed by atoms with E-state index in [0.29, 0.717) is 29.7 Å². The number of nitrogens with zero attached hydrogens (tertiary/aromatic N) is 1. The number of carbonyl (C=O) groups excluding carboxylic acids is 2. The maximum atomic E-state index is 12.8. The Kier molecular flexibility index (Phi) is 6.90. The highest BCUT2D eigenvalue weighted by Gasteiger charge is 2.37. The van der Waals surface area contributed by atoms with Crippen LogP contribution < -0.4 is 16.0 Å². The van der Waals surface area contributed by atoms with Crippen LogP contribution in [0.3, 0.4) is 0 Å². The van der Waals surface area contributed by atoms with E-state index in [-0.39, 0.29) is 11.5 Å². The molecule has 2 aliphatic rings. The highest BCUT2D eigenvalue weighted by molar-refractivity contribution is 6.06. The van der Waals surface area contributed by atoms with Crippen molar-refractivity contribution >= 4 is 29.0 Å². The number of benzene rings is 2. The van der Waals surface area contributed by atoms with E-state index in [1.54, 1.807) is 24.3 Å². The average molecular weight is 473 g/mol. The van der Waals surface area contributed by atoms with E-state index >= 15 is 0 Å². The fourth-order valence-electron chi connectivity index (χ4n) is 3.78. The average Bonchev–Trinajstić information content (AvgIpc) is 3.65. The molecule has 2 aromatic rings. The first-order valence-corrected chi connectivity index (χ1v) is 11.4. The third-order valence-electron chi connectivity index (χ3n) is 5.97. The van der Waals surface area contributed by atoms with Gasteiger partial charge in [0.1, 0.15) is 0 Å². The van der Waals surface area contributed by atoms with E-state index in [1.807, 2.05) is 12.1 Å². The van der Waals surface area contributed by atoms with Gasteiger partial charge in [0.15, 0.2) is 11.7 Å². The summed E-state index contributed by atoms with van der Waals surface area (Å²) in [6.07, 6.45) is -2.04. The van der Waals surface area contributed by atoms with Gasteiger partial charge in [-0.1, -0.05) is 19.1 Å². The summed E-state index contributed by atoms with van der Waals surface area (Å²) in [7, 11) is 0. The maximum absolute atomic E-state index is 12.8. The van der Waals surface area contributed by atoms with Crippen LogP contribution in [0.25, 0.3) is 0 Å². The van der Waals surface area contributed by atoms with Crippen molar-refractivity contribution in [3.8, 4) is 0 Å². The second-order valence-electron chi connectivity index (χ2n) is 8.82. The number of hydrogen-bond acceptors (Lipinski definition) is 5. The van der Waals surface area contributed by atoms with Gasteiger partial charge in [-0.3, -0.25) is 19.9 Å². The lowest BCUT2D eigenvalue weighted by molar-refractivity contribution is -0.168. The van der Waals surface area contributed by atoms with Crippen molar-refractivity contribution in [2.45, 2.75) is 44.7 Å². The minimum atomic E-state index is -4.40. The minimum Gasteiger partial charge on any atom is -0.356 e. The number of Topliss-reactive ketones (excluding diaryl/α,β-unsaturated/α-hetero) is 1. The summed E-state index contributed by atoms with van der Waals surface area (Å²) in [6, 6.07) is 11.9. The Bertz CT molecular complexity index is 1110. The van der Waals surface area contributed by atoms with Crippen molar-refractivity contribution in [2.24, 2.45) is 10.9 Å². The zero-order valence-corrected chi connectivity index (χ0v) is 18.8. The molecule has 0 spiro atoms. The van der Waals surface area contributed by atoms with Gasteiger partial charge in [-0.05, 0) is 61.1 Å². The molecule has 1 fully saturated rings. The molecule has 2 aromatic carbocycles. The highest BCUT2D eigenvalue weighted by atomic mass is 19.4. The molecule has 0 bridgehead atoms. The van der Waals surface area contributed by atoms with Crippen LogP contribution in [-0.4, -0.2) is 36.9 Å². The molecular formula is C25H27F3N4O2. The fraction of sp³-hybridized carbons (Fsp3) is 0.400. The monoisotopic (exact) mass is 472 g/mol. The van der Waals surface area contributed by atoms with E-state index in [1.165, 1.54) is 6.07 Å². The lowest BCUT2D eigenvalue weighted by atomic mass is 9.99. The molecule has 0 saturated heterocycles. The van der Waals surface area contributed by atoms with Gasteiger partial charge in [-0.15, -0.1) is 0 Å². The second-order valence-corrected chi connectivity index (χ2v) is 8.82. The standard InChI is InChI=1S/C25H27F3N4O2/c1-15(25(26,27)28)12-22(33)17-4-2-5-19(13-17)31-21-9-8-18(14-20(21)16-6-7-16)23(34)32-24-29-10-3-11-30-24/h2,4-5,8-9,13-16,31H,3,6-7,10-12H2,1H3,(H2,29,30,32,34). The molecule has 1 amide bonds. The summed E-state index contributed by atoms with van der Waals surface area (Å²) in [4.78, 5) is 29.3. The molecule has 4 rings (SSSR count). The fourth-order valence-corrected chi connectivity index (χ4v) is 3.78. The number of alkyl halides is 3. The van der Waals surface area contributed by atoms with Gasteiger partial charge >= 0.3 is 6.18 Å². The predicted octanol–water partition coefficient (Wildman–Crippen LogP) is 5.16. The number of anilines is 2. The van der Waals surface area contributed by atoms with Gasteiger partial charge in [-0.25, -0.2) is 0 Å². The van der Waals surface area contributed by atoms with E-state index in [0.717, 1.165) is 44.0 Å². The predicted molar refractivity (Wildman–Crippen MR) is 125 cm³/mol. The number of amides is 1. The Morgan fingerprint density at radius 1 is 1.15 bits per heavy atom. The Balaban J connectivity index is 1.49. The number of hydrogen-bond donors (Lipinski definition) is 3. The normalized spacial score (nSPS) is 16.8. The lowest BCUT2D eigenvalue weighted by Crippen LogP contribution is -2.43. The summed E-state index contributed by atoms with van der Waals surface area (Å²) in [6.45, 7) is 2.46. The summed E-state index contributed by atoms with van der Waals surface area (Å²) >= 11 is 0. The van der Waals surface area contributed by atoms with Crippen LogP contribution in [0.15, 0.2) is 47.5 Å². The quantitative estimate of drug-likeness (QED) is 0.487. The summed E-state index contributed by atoms with van der Waals surface area (Å²) in [5.74, 6) is -1.69. The first-order chi connectivity index (χ1) is 16.2. The smallest absolute Gasteiger partial charge is 0.356 e. The third kappa shape index (κ3) is 5.95. The maximum Gasteiger partial charge on any atom is 0.391 e. The Hall–Kier alpha value is -3.36. The van der Waals surface area contributed by atoms with Crippen LogP contribution in [0.1, 0.15) is 64.8 Å². The largest absolute Gasteiger partial charge is 0.391 e.